The first-order valence-corrected chi connectivity index (χ1v) is 4.91. The van der Waals surface area contributed by atoms with Gasteiger partial charge >= 0.3 is 101 Å². The van der Waals surface area contributed by atoms with Gasteiger partial charge in [-0.1, -0.05) is 0 Å². The molecule has 92 valence electrons. The molecule has 1 aromatic heterocycles. The molecule has 0 bridgehead atoms. The summed E-state index contributed by atoms with van der Waals surface area (Å²) in [5.74, 6) is -2.67. The maximum absolute atomic E-state index is 9.65. The van der Waals surface area contributed by atoms with Crippen LogP contribution in [0.5, 0.6) is 34.5 Å². The van der Waals surface area contributed by atoms with E-state index in [1.54, 1.807) is 0 Å². The van der Waals surface area contributed by atoms with Crippen LogP contribution in [0.4, 0.5) is 0 Å². The Bertz CT molecular complexity index is 570. The van der Waals surface area contributed by atoms with Gasteiger partial charge in [-0.2, -0.15) is 0 Å². The van der Waals surface area contributed by atoms with Crippen LogP contribution >= 0.6 is 0 Å². The van der Waals surface area contributed by atoms with Gasteiger partial charge in [-0.15, -0.1) is 0 Å². The zero-order valence-corrected chi connectivity index (χ0v) is 8.99. The van der Waals surface area contributed by atoms with Crippen molar-refractivity contribution in [2.24, 2.45) is 0 Å². The summed E-state index contributed by atoms with van der Waals surface area (Å²) in [6.07, 6.45) is 0. The van der Waals surface area contributed by atoms with Gasteiger partial charge in [0.15, 0.2) is 0 Å². The van der Waals surface area contributed by atoms with E-state index >= 15 is 0 Å². The molecule has 18 heavy (non-hydrogen) atoms. The zero-order chi connectivity index (χ0) is 13.4. The van der Waals surface area contributed by atoms with Crippen molar-refractivity contribution >= 4 is 6.91 Å². The van der Waals surface area contributed by atoms with Crippen molar-refractivity contribution in [3.63, 3.8) is 0 Å². The van der Waals surface area contributed by atoms with Crippen LogP contribution in [0.15, 0.2) is 18.1 Å². The molecule has 0 saturated carbocycles. The van der Waals surface area contributed by atoms with Gasteiger partial charge in [-0.25, -0.2) is 0 Å². The molecule has 1 heterocycles. The first kappa shape index (κ1) is 11.9. The van der Waals surface area contributed by atoms with Gasteiger partial charge < -0.3 is 0 Å². The number of hydrogen-bond donors (Lipinski definition) is 6. The SMILES string of the molecule is Oc1cbc(-c2ccc(O)c(O)c2O)c(O)c1O. The molecule has 0 fully saturated rings. The standard InChI is InChI=1S/C11H9BO6/c13-5-2-1-4(8(15)9(5)16)7-11(18)10(17)6(14)3-12-7/h1-3,13-18H. The van der Waals surface area contributed by atoms with Crippen LogP contribution in [0.25, 0.3) is 11.0 Å². The monoisotopic (exact) mass is 248 g/mol. The molecule has 2 rings (SSSR count). The molecule has 7 heteroatoms. The Morgan fingerprint density at radius 3 is 1.94 bits per heavy atom. The average molecular weight is 248 g/mol. The zero-order valence-electron chi connectivity index (χ0n) is 8.99. The number of benzene rings is 1. The molecule has 0 aliphatic carbocycles. The van der Waals surface area contributed by atoms with Gasteiger partial charge in [0, 0.05) is 0 Å². The van der Waals surface area contributed by atoms with E-state index < -0.39 is 34.5 Å². The number of phenols is 3. The number of rotatable bonds is 1. The molecule has 2 aromatic rings. The predicted molar refractivity (Wildman–Crippen MR) is 63.2 cm³/mol. The third-order valence-electron chi connectivity index (χ3n) is 2.55. The summed E-state index contributed by atoms with van der Waals surface area (Å²) in [5.41, 5.74) is -0.00352. The second kappa shape index (κ2) is 4.03. The minimum absolute atomic E-state index is 0.00176. The Kier molecular flexibility index (Phi) is 2.66. The predicted octanol–water partition coefficient (Wildman–Crippen LogP) is 0.925. The fourth-order valence-corrected chi connectivity index (χ4v) is 1.57. The quantitative estimate of drug-likeness (QED) is 0.417. The van der Waals surface area contributed by atoms with Crippen LogP contribution < -0.4 is 0 Å². The Hall–Kier alpha value is -2.57. The molecule has 0 aliphatic rings. The van der Waals surface area contributed by atoms with E-state index in [1.165, 1.54) is 13.0 Å². The molecule has 0 amide bonds. The van der Waals surface area contributed by atoms with Crippen LogP contribution in [0.2, 0.25) is 0 Å². The molecule has 0 spiro atoms. The Labute approximate surface area is 102 Å². The molecule has 0 aliphatic heterocycles. The molecular formula is C11H9BO6. The Balaban J connectivity index is 2.71. The van der Waals surface area contributed by atoms with Crippen molar-refractivity contribution in [3.05, 3.63) is 18.1 Å². The molecule has 6 N–H and O–H groups in total. The first-order chi connectivity index (χ1) is 8.43. The van der Waals surface area contributed by atoms with E-state index in [4.69, 9.17) is 0 Å². The van der Waals surface area contributed by atoms with Crippen molar-refractivity contribution < 1.29 is 30.6 Å². The normalized spacial score (nSPS) is 10.2. The van der Waals surface area contributed by atoms with Crippen molar-refractivity contribution in [2.75, 3.05) is 0 Å². The van der Waals surface area contributed by atoms with Crippen molar-refractivity contribution in [2.45, 2.75) is 0 Å². The fraction of sp³-hybridized carbons (Fsp3) is 0. The van der Waals surface area contributed by atoms with E-state index in [1.807, 2.05) is 0 Å². The van der Waals surface area contributed by atoms with Crippen molar-refractivity contribution in [3.8, 4) is 45.5 Å². The van der Waals surface area contributed by atoms with E-state index in [9.17, 15) is 30.6 Å². The Morgan fingerprint density at radius 2 is 1.28 bits per heavy atom. The molecule has 0 atom stereocenters. The number of aromatic hydroxyl groups is 6. The fourth-order valence-electron chi connectivity index (χ4n) is 1.57. The average Bonchev–Trinajstić information content (AvgIpc) is 2.35. The number of hydrogen-bond acceptors (Lipinski definition) is 6. The Morgan fingerprint density at radius 1 is 0.667 bits per heavy atom. The summed E-state index contributed by atoms with van der Waals surface area (Å²) in [5, 5.41) is 56.4. The van der Waals surface area contributed by atoms with Gasteiger partial charge in [0.2, 0.25) is 0 Å². The van der Waals surface area contributed by atoms with E-state index in [2.05, 4.69) is 0 Å². The van der Waals surface area contributed by atoms with Gasteiger partial charge in [-0.05, 0) is 0 Å². The summed E-state index contributed by atoms with van der Waals surface area (Å²) in [6.45, 7) is 1.25. The summed E-state index contributed by atoms with van der Waals surface area (Å²) in [4.78, 5) is 0. The van der Waals surface area contributed by atoms with Crippen molar-refractivity contribution in [1.29, 1.82) is 0 Å². The summed E-state index contributed by atoms with van der Waals surface area (Å²) >= 11 is 0. The van der Waals surface area contributed by atoms with Crippen LogP contribution in [-0.4, -0.2) is 37.5 Å². The summed E-state index contributed by atoms with van der Waals surface area (Å²) < 4.78 is 0. The van der Waals surface area contributed by atoms with Crippen molar-refractivity contribution in [1.82, 2.24) is 0 Å². The summed E-state index contributed by atoms with van der Waals surface area (Å²) in [7, 11) is 0. The molecule has 0 unspecified atom stereocenters. The third-order valence-corrected chi connectivity index (χ3v) is 2.55. The van der Waals surface area contributed by atoms with Gasteiger partial charge in [-0.3, -0.25) is 0 Å². The molecule has 6 nitrogen and oxygen atoms in total. The molecule has 0 radical (unpaired) electrons. The molecule has 0 saturated heterocycles. The molecule has 1 aromatic carbocycles. The van der Waals surface area contributed by atoms with Crippen LogP contribution in [0.1, 0.15) is 0 Å². The van der Waals surface area contributed by atoms with Gasteiger partial charge in [0.25, 0.3) is 0 Å². The summed E-state index contributed by atoms with van der Waals surface area (Å²) in [6, 6.07) is 2.36. The van der Waals surface area contributed by atoms with Gasteiger partial charge in [0.05, 0.1) is 0 Å². The second-order valence-electron chi connectivity index (χ2n) is 3.66. The van der Waals surface area contributed by atoms with E-state index in [0.717, 1.165) is 12.0 Å². The van der Waals surface area contributed by atoms with Crippen LogP contribution in [-0.2, 0) is 0 Å². The van der Waals surface area contributed by atoms with Crippen LogP contribution in [0.3, 0.4) is 0 Å². The molecular weight excluding hydrogens is 239 g/mol. The number of phenolic OH excluding ortho intramolecular Hbond substituents is 3. The topological polar surface area (TPSA) is 121 Å². The van der Waals surface area contributed by atoms with Gasteiger partial charge in [0.1, 0.15) is 0 Å². The second-order valence-corrected chi connectivity index (χ2v) is 3.66. The first-order valence-electron chi connectivity index (χ1n) is 4.91. The maximum atomic E-state index is 9.65. The minimum atomic E-state index is -0.737. The van der Waals surface area contributed by atoms with E-state index in [-0.39, 0.29) is 11.0 Å². The van der Waals surface area contributed by atoms with Crippen LogP contribution in [0, 0.1) is 0 Å². The third kappa shape index (κ3) is 1.65. The van der Waals surface area contributed by atoms with E-state index in [0.29, 0.717) is 0 Å².